The van der Waals surface area contributed by atoms with Crippen LogP contribution in [0.15, 0.2) is 112 Å². The summed E-state index contributed by atoms with van der Waals surface area (Å²) in [5.41, 5.74) is -1.08. The molecule has 0 radical (unpaired) electrons. The highest BCUT2D eigenvalue weighted by Gasteiger charge is 2.16. The predicted molar refractivity (Wildman–Crippen MR) is 126 cm³/mol. The van der Waals surface area contributed by atoms with Crippen LogP contribution >= 0.6 is 0 Å². The van der Waals surface area contributed by atoms with Gasteiger partial charge in [-0.1, -0.05) is 36.4 Å². The lowest BCUT2D eigenvalue weighted by Crippen LogP contribution is -2.48. The Balaban J connectivity index is 1.65. The number of hydrogen-bond acceptors (Lipinski definition) is 5. The van der Waals surface area contributed by atoms with E-state index in [1.54, 1.807) is 71.7 Å². The van der Waals surface area contributed by atoms with Crippen LogP contribution in [0.3, 0.4) is 0 Å². The Labute approximate surface area is 192 Å². The van der Waals surface area contributed by atoms with E-state index in [0.29, 0.717) is 35.0 Å². The molecule has 0 bridgehead atoms. The van der Waals surface area contributed by atoms with E-state index in [1.165, 1.54) is 0 Å². The average Bonchev–Trinajstić information content (AvgIpc) is 3.35. The van der Waals surface area contributed by atoms with E-state index in [-0.39, 0.29) is 0 Å². The molecule has 2 heterocycles. The van der Waals surface area contributed by atoms with Crippen molar-refractivity contribution in [1.29, 1.82) is 0 Å². The first kappa shape index (κ1) is 21.0. The molecule has 5 rings (SSSR count). The van der Waals surface area contributed by atoms with E-state index in [4.69, 9.17) is 4.74 Å². The molecule has 0 aliphatic rings. The van der Waals surface area contributed by atoms with Gasteiger partial charge in [-0.2, -0.15) is 5.10 Å². The maximum absolute atomic E-state index is 13.3. The third-order valence-electron chi connectivity index (χ3n) is 5.18. The zero-order valence-corrected chi connectivity index (χ0v) is 17.9. The number of hydrogen-bond donors (Lipinski definition) is 1. The lowest BCUT2D eigenvalue weighted by Gasteiger charge is -2.14. The number of benzene rings is 3. The standard InChI is InChI=1S/C25H19N5O4/c31-23-27-24(32)30(25(33)29(23)19-8-3-1-4-9-19)20-12-13-22(34-21-10-5-2-6-11-21)18(16-20)17-28-15-7-14-26-28/h1-16H,17H2,(H,27,31,32). The van der Waals surface area contributed by atoms with Crippen molar-refractivity contribution in [1.82, 2.24) is 23.9 Å². The molecule has 168 valence electrons. The SMILES string of the molecule is O=c1[nH]c(=O)n(-c2ccc(Oc3ccccc3)c(Cn3cccn3)c2)c(=O)n1-c1ccccc1. The molecular formula is C25H19N5O4. The largest absolute Gasteiger partial charge is 0.457 e. The fourth-order valence-corrected chi connectivity index (χ4v) is 3.62. The van der Waals surface area contributed by atoms with Gasteiger partial charge in [-0.3, -0.25) is 9.67 Å². The number of nitrogens with one attached hydrogen (secondary N) is 1. The Kier molecular flexibility index (Phi) is 5.49. The van der Waals surface area contributed by atoms with Crippen molar-refractivity contribution in [2.45, 2.75) is 6.54 Å². The van der Waals surface area contributed by atoms with Crippen LogP contribution in [-0.2, 0) is 6.54 Å². The van der Waals surface area contributed by atoms with Gasteiger partial charge in [-0.15, -0.1) is 0 Å². The molecule has 0 spiro atoms. The summed E-state index contributed by atoms with van der Waals surface area (Å²) in [6, 6.07) is 24.4. The molecular weight excluding hydrogens is 434 g/mol. The molecule has 0 amide bonds. The molecule has 0 unspecified atom stereocenters. The minimum atomic E-state index is -0.830. The van der Waals surface area contributed by atoms with Gasteiger partial charge < -0.3 is 4.74 Å². The third-order valence-corrected chi connectivity index (χ3v) is 5.18. The maximum Gasteiger partial charge on any atom is 0.345 e. The molecule has 9 nitrogen and oxygen atoms in total. The smallest absolute Gasteiger partial charge is 0.345 e. The van der Waals surface area contributed by atoms with Crippen LogP contribution in [-0.4, -0.2) is 23.9 Å². The van der Waals surface area contributed by atoms with Crippen LogP contribution in [0.4, 0.5) is 0 Å². The van der Waals surface area contributed by atoms with Gasteiger partial charge in [-0.25, -0.2) is 23.5 Å². The van der Waals surface area contributed by atoms with Crippen LogP contribution in [0.1, 0.15) is 5.56 Å². The van der Waals surface area contributed by atoms with E-state index >= 15 is 0 Å². The first-order valence-corrected chi connectivity index (χ1v) is 10.5. The monoisotopic (exact) mass is 453 g/mol. The Morgan fingerprint density at radius 3 is 2.12 bits per heavy atom. The highest BCUT2D eigenvalue weighted by Crippen LogP contribution is 2.27. The molecule has 0 aliphatic carbocycles. The first-order valence-electron chi connectivity index (χ1n) is 10.5. The van der Waals surface area contributed by atoms with Gasteiger partial charge in [-0.05, 0) is 48.5 Å². The molecule has 5 aromatic rings. The molecule has 0 saturated heterocycles. The van der Waals surface area contributed by atoms with Crippen LogP contribution in [0.5, 0.6) is 11.5 Å². The summed E-state index contributed by atoms with van der Waals surface area (Å²) in [5, 5.41) is 4.24. The summed E-state index contributed by atoms with van der Waals surface area (Å²) in [6.45, 7) is 0.341. The van der Waals surface area contributed by atoms with Crippen molar-refractivity contribution in [2.24, 2.45) is 0 Å². The first-order chi connectivity index (χ1) is 16.6. The highest BCUT2D eigenvalue weighted by atomic mass is 16.5. The maximum atomic E-state index is 13.3. The molecule has 2 aromatic heterocycles. The van der Waals surface area contributed by atoms with Crippen molar-refractivity contribution in [3.05, 3.63) is 134 Å². The number of ether oxygens (including phenoxy) is 1. The van der Waals surface area contributed by atoms with E-state index in [2.05, 4.69) is 10.1 Å². The van der Waals surface area contributed by atoms with Gasteiger partial charge in [0.15, 0.2) is 0 Å². The van der Waals surface area contributed by atoms with Crippen molar-refractivity contribution >= 4 is 0 Å². The molecule has 0 aliphatic heterocycles. The van der Waals surface area contributed by atoms with Gasteiger partial charge >= 0.3 is 17.1 Å². The number of para-hydroxylation sites is 2. The summed E-state index contributed by atoms with van der Waals surface area (Å²) in [6.07, 6.45) is 3.46. The lowest BCUT2D eigenvalue weighted by atomic mass is 10.1. The van der Waals surface area contributed by atoms with E-state index < -0.39 is 17.1 Å². The van der Waals surface area contributed by atoms with Crippen molar-refractivity contribution < 1.29 is 4.74 Å². The topological polar surface area (TPSA) is 104 Å². The van der Waals surface area contributed by atoms with Gasteiger partial charge in [0.2, 0.25) is 0 Å². The predicted octanol–water partition coefficient (Wildman–Crippen LogP) is 2.71. The number of nitrogens with zero attached hydrogens (tertiary/aromatic N) is 4. The van der Waals surface area contributed by atoms with Gasteiger partial charge in [0, 0.05) is 18.0 Å². The normalized spacial score (nSPS) is 10.8. The molecule has 3 aromatic carbocycles. The average molecular weight is 453 g/mol. The van der Waals surface area contributed by atoms with Crippen LogP contribution in [0, 0.1) is 0 Å². The molecule has 0 atom stereocenters. The molecule has 1 N–H and O–H groups in total. The summed E-state index contributed by atoms with van der Waals surface area (Å²) in [4.78, 5) is 40.6. The van der Waals surface area contributed by atoms with Crippen LogP contribution < -0.4 is 21.8 Å². The quantitative estimate of drug-likeness (QED) is 0.426. The van der Waals surface area contributed by atoms with Gasteiger partial charge in [0.25, 0.3) is 0 Å². The fourth-order valence-electron chi connectivity index (χ4n) is 3.62. The Morgan fingerprint density at radius 2 is 1.44 bits per heavy atom. The summed E-state index contributed by atoms with van der Waals surface area (Å²) in [7, 11) is 0. The summed E-state index contributed by atoms with van der Waals surface area (Å²) in [5.74, 6) is 1.19. The molecule has 0 saturated carbocycles. The number of H-pyrrole nitrogens is 1. The number of rotatable bonds is 6. The van der Waals surface area contributed by atoms with Crippen molar-refractivity contribution in [3.63, 3.8) is 0 Å². The summed E-state index contributed by atoms with van der Waals surface area (Å²) >= 11 is 0. The Hall–Kier alpha value is -4.92. The molecule has 0 fully saturated rings. The zero-order valence-electron chi connectivity index (χ0n) is 17.9. The van der Waals surface area contributed by atoms with E-state index in [1.807, 2.05) is 30.3 Å². The minimum Gasteiger partial charge on any atom is -0.457 e. The van der Waals surface area contributed by atoms with Gasteiger partial charge in [0.05, 0.1) is 17.9 Å². The second-order valence-electron chi connectivity index (χ2n) is 7.44. The molecule has 9 heteroatoms. The third kappa shape index (κ3) is 4.09. The lowest BCUT2D eigenvalue weighted by molar-refractivity contribution is 0.472. The number of aromatic amines is 1. The Morgan fingerprint density at radius 1 is 0.765 bits per heavy atom. The van der Waals surface area contributed by atoms with E-state index in [0.717, 1.165) is 9.13 Å². The van der Waals surface area contributed by atoms with Crippen molar-refractivity contribution in [3.8, 4) is 22.9 Å². The van der Waals surface area contributed by atoms with Gasteiger partial charge in [0.1, 0.15) is 11.5 Å². The molecule has 34 heavy (non-hydrogen) atoms. The van der Waals surface area contributed by atoms with E-state index in [9.17, 15) is 14.4 Å². The minimum absolute atomic E-state index is 0.290. The number of aromatic nitrogens is 5. The summed E-state index contributed by atoms with van der Waals surface area (Å²) < 4.78 is 9.60. The zero-order chi connectivity index (χ0) is 23.5. The van der Waals surface area contributed by atoms with Crippen LogP contribution in [0.25, 0.3) is 11.4 Å². The second-order valence-corrected chi connectivity index (χ2v) is 7.44. The Bertz CT molecular complexity index is 1600. The highest BCUT2D eigenvalue weighted by molar-refractivity contribution is 5.46. The van der Waals surface area contributed by atoms with Crippen LogP contribution in [0.2, 0.25) is 0 Å². The van der Waals surface area contributed by atoms with Crippen molar-refractivity contribution in [2.75, 3.05) is 0 Å². The second kappa shape index (κ2) is 8.91. The fraction of sp³-hybridized carbons (Fsp3) is 0.0400.